The number of benzene rings is 3. The number of hydrogen-bond donors (Lipinski definition) is 2. The average Bonchev–Trinajstić information content (AvgIpc) is 2.98. The van der Waals surface area contributed by atoms with Crippen LogP contribution >= 0.6 is 0 Å². The van der Waals surface area contributed by atoms with Gasteiger partial charge in [0.2, 0.25) is 0 Å². The van der Waals surface area contributed by atoms with Gasteiger partial charge < -0.3 is 44.0 Å². The molecule has 5 atom stereocenters. The summed E-state index contributed by atoms with van der Waals surface area (Å²) in [5, 5.41) is 10.6. The summed E-state index contributed by atoms with van der Waals surface area (Å²) in [7, 11) is 4.87. The van der Waals surface area contributed by atoms with E-state index in [1.165, 1.54) is 0 Å². The third-order valence-electron chi connectivity index (χ3n) is 6.63. The van der Waals surface area contributed by atoms with Gasteiger partial charge in [-0.1, -0.05) is 36.4 Å². The van der Waals surface area contributed by atoms with Crippen molar-refractivity contribution < 1.29 is 38.3 Å². The number of ether oxygens (including phenoxy) is 7. The van der Waals surface area contributed by atoms with Crippen LogP contribution in [0.4, 0.5) is 0 Å². The fraction of sp³-hybridized carbons (Fsp3) is 0.400. The average molecular weight is 540 g/mol. The van der Waals surface area contributed by atoms with E-state index in [2.05, 4.69) is 0 Å². The number of nitrogens with two attached hydrogens (primary N) is 1. The van der Waals surface area contributed by atoms with Crippen molar-refractivity contribution in [3.63, 3.8) is 0 Å². The van der Waals surface area contributed by atoms with Gasteiger partial charge in [-0.3, -0.25) is 0 Å². The Morgan fingerprint density at radius 1 is 0.641 bits per heavy atom. The minimum atomic E-state index is -1.23. The number of hydrogen-bond acceptors (Lipinski definition) is 9. The van der Waals surface area contributed by atoms with E-state index in [0.717, 1.165) is 33.9 Å². The molecule has 0 aromatic heterocycles. The molecule has 0 saturated carbocycles. The molecule has 0 bridgehead atoms. The van der Waals surface area contributed by atoms with Crippen molar-refractivity contribution in [2.45, 2.75) is 50.5 Å². The quantitative estimate of drug-likeness (QED) is 0.337. The summed E-state index contributed by atoms with van der Waals surface area (Å²) in [6, 6.07) is 22.0. The van der Waals surface area contributed by atoms with Crippen LogP contribution in [0.3, 0.4) is 0 Å². The maximum atomic E-state index is 10.6. The predicted molar refractivity (Wildman–Crippen MR) is 145 cm³/mol. The number of aliphatic hydroxyl groups excluding tert-OH is 1. The SMILES string of the molecule is COc1ccc(COC[C@H]2O[C@H](O)[C@@H](N)[C@@H](OCc3ccc(OC)cc3)[C@@H]2OCc2ccc(OC)cc2)cc1. The van der Waals surface area contributed by atoms with Crippen molar-refractivity contribution in [3.05, 3.63) is 89.5 Å². The molecule has 1 saturated heterocycles. The zero-order chi connectivity index (χ0) is 27.6. The highest BCUT2D eigenvalue weighted by atomic mass is 16.7. The Balaban J connectivity index is 1.46. The molecule has 3 N–H and O–H groups in total. The van der Waals surface area contributed by atoms with Crippen LogP contribution in [0.25, 0.3) is 0 Å². The van der Waals surface area contributed by atoms with Crippen molar-refractivity contribution in [1.82, 2.24) is 0 Å². The molecule has 1 aliphatic heterocycles. The van der Waals surface area contributed by atoms with E-state index in [1.54, 1.807) is 21.3 Å². The van der Waals surface area contributed by atoms with Crippen molar-refractivity contribution in [1.29, 1.82) is 0 Å². The standard InChI is InChI=1S/C30H37NO8/c1-33-23-10-4-20(5-11-23)16-36-19-26-28(37-17-21-6-12-24(34-2)13-7-21)29(27(31)30(32)39-26)38-18-22-8-14-25(35-3)15-9-22/h4-15,26-30,32H,16-19,31H2,1-3H3/t26-,27+,28-,29-,30+/m1/s1. The number of rotatable bonds is 13. The largest absolute Gasteiger partial charge is 0.497 e. The molecule has 0 spiro atoms. The second-order valence-corrected chi connectivity index (χ2v) is 9.25. The maximum absolute atomic E-state index is 10.6. The van der Waals surface area contributed by atoms with Crippen LogP contribution in [0.15, 0.2) is 72.8 Å². The Morgan fingerprint density at radius 2 is 1.05 bits per heavy atom. The summed E-state index contributed by atoms with van der Waals surface area (Å²) in [5.41, 5.74) is 9.23. The summed E-state index contributed by atoms with van der Waals surface area (Å²) < 4.78 is 40.2. The van der Waals surface area contributed by atoms with Gasteiger partial charge in [0.15, 0.2) is 6.29 Å². The molecule has 4 rings (SSSR count). The second-order valence-electron chi connectivity index (χ2n) is 9.25. The van der Waals surface area contributed by atoms with Gasteiger partial charge in [0.1, 0.15) is 35.6 Å². The number of methoxy groups -OCH3 is 3. The lowest BCUT2D eigenvalue weighted by Gasteiger charge is -2.43. The summed E-state index contributed by atoms with van der Waals surface area (Å²) >= 11 is 0. The van der Waals surface area contributed by atoms with E-state index in [-0.39, 0.29) is 19.8 Å². The summed E-state index contributed by atoms with van der Waals surface area (Å²) in [6.07, 6.45) is -3.10. The molecule has 1 fully saturated rings. The highest BCUT2D eigenvalue weighted by Crippen LogP contribution is 2.27. The molecule has 1 aliphatic rings. The Labute approximate surface area is 229 Å². The number of aliphatic hydroxyl groups is 1. The van der Waals surface area contributed by atoms with Crippen LogP contribution in [-0.4, -0.2) is 63.7 Å². The molecule has 0 unspecified atom stereocenters. The first-order valence-electron chi connectivity index (χ1n) is 12.8. The van der Waals surface area contributed by atoms with Crippen molar-refractivity contribution in [2.75, 3.05) is 27.9 Å². The van der Waals surface area contributed by atoms with Gasteiger partial charge in [-0.15, -0.1) is 0 Å². The van der Waals surface area contributed by atoms with E-state index in [9.17, 15) is 5.11 Å². The lowest BCUT2D eigenvalue weighted by Crippen LogP contribution is -2.63. The Morgan fingerprint density at radius 3 is 1.49 bits per heavy atom. The Kier molecular flexibility index (Phi) is 10.5. The van der Waals surface area contributed by atoms with Gasteiger partial charge in [0.25, 0.3) is 0 Å². The monoisotopic (exact) mass is 539 g/mol. The fourth-order valence-electron chi connectivity index (χ4n) is 4.33. The smallest absolute Gasteiger partial charge is 0.173 e. The molecule has 39 heavy (non-hydrogen) atoms. The highest BCUT2D eigenvalue weighted by molar-refractivity contribution is 5.28. The highest BCUT2D eigenvalue weighted by Gasteiger charge is 2.45. The van der Waals surface area contributed by atoms with Crippen molar-refractivity contribution in [3.8, 4) is 17.2 Å². The molecule has 9 heteroatoms. The van der Waals surface area contributed by atoms with Crippen LogP contribution in [0, 0.1) is 0 Å². The lowest BCUT2D eigenvalue weighted by atomic mass is 9.97. The second kappa shape index (κ2) is 14.3. The van der Waals surface area contributed by atoms with Crippen molar-refractivity contribution >= 4 is 0 Å². The van der Waals surface area contributed by atoms with E-state index in [4.69, 9.17) is 38.9 Å². The van der Waals surface area contributed by atoms with Gasteiger partial charge >= 0.3 is 0 Å². The zero-order valence-electron chi connectivity index (χ0n) is 22.5. The molecular formula is C30H37NO8. The van der Waals surface area contributed by atoms with E-state index < -0.39 is 30.6 Å². The van der Waals surface area contributed by atoms with Crippen molar-refractivity contribution in [2.24, 2.45) is 5.73 Å². The molecule has 3 aromatic carbocycles. The summed E-state index contributed by atoms with van der Waals surface area (Å²) in [5.74, 6) is 2.29. The predicted octanol–water partition coefficient (Wildman–Crippen LogP) is 3.44. The van der Waals surface area contributed by atoms with Gasteiger partial charge in [0.05, 0.1) is 53.8 Å². The zero-order valence-corrected chi connectivity index (χ0v) is 22.5. The van der Waals surface area contributed by atoms with Gasteiger partial charge in [0, 0.05) is 0 Å². The molecule has 9 nitrogen and oxygen atoms in total. The topological polar surface area (TPSA) is 111 Å². The minimum absolute atomic E-state index is 0.172. The minimum Gasteiger partial charge on any atom is -0.497 e. The summed E-state index contributed by atoms with van der Waals surface area (Å²) in [4.78, 5) is 0. The molecule has 0 aliphatic carbocycles. The summed E-state index contributed by atoms with van der Waals surface area (Å²) in [6.45, 7) is 1.09. The van der Waals surface area contributed by atoms with Gasteiger partial charge in [-0.25, -0.2) is 0 Å². The van der Waals surface area contributed by atoms with Crippen LogP contribution in [-0.2, 0) is 38.8 Å². The normalized spacial score (nSPS) is 22.8. The van der Waals surface area contributed by atoms with E-state index in [0.29, 0.717) is 6.61 Å². The van der Waals surface area contributed by atoms with Crippen LogP contribution in [0.2, 0.25) is 0 Å². The molecular weight excluding hydrogens is 502 g/mol. The first-order valence-corrected chi connectivity index (χ1v) is 12.8. The Hall–Kier alpha value is -3.18. The molecule has 0 radical (unpaired) electrons. The van der Waals surface area contributed by atoms with Crippen LogP contribution in [0.1, 0.15) is 16.7 Å². The lowest BCUT2D eigenvalue weighted by molar-refractivity contribution is -0.273. The molecule has 210 valence electrons. The Bertz CT molecular complexity index is 1120. The molecule has 0 amide bonds. The molecule has 3 aromatic rings. The maximum Gasteiger partial charge on any atom is 0.173 e. The molecule has 1 heterocycles. The van der Waals surface area contributed by atoms with Crippen LogP contribution < -0.4 is 19.9 Å². The fourth-order valence-corrected chi connectivity index (χ4v) is 4.33. The first kappa shape index (κ1) is 28.8. The third kappa shape index (κ3) is 7.92. The first-order chi connectivity index (χ1) is 19.0. The van der Waals surface area contributed by atoms with Crippen LogP contribution in [0.5, 0.6) is 17.2 Å². The van der Waals surface area contributed by atoms with Gasteiger partial charge in [-0.05, 0) is 53.1 Å². The van der Waals surface area contributed by atoms with E-state index >= 15 is 0 Å². The van der Waals surface area contributed by atoms with Gasteiger partial charge in [-0.2, -0.15) is 0 Å². The van der Waals surface area contributed by atoms with E-state index in [1.807, 2.05) is 72.8 Å². The third-order valence-corrected chi connectivity index (χ3v) is 6.63.